The molecule has 0 saturated carbocycles. The molecule has 30 heavy (non-hydrogen) atoms. The van der Waals surface area contributed by atoms with Crippen LogP contribution in [0.3, 0.4) is 0 Å². The van der Waals surface area contributed by atoms with Crippen LogP contribution in [-0.2, 0) is 27.2 Å². The normalized spacial score (nSPS) is 12.6. The lowest BCUT2D eigenvalue weighted by molar-refractivity contribution is -0.154. The molecule has 0 aromatic heterocycles. The monoisotopic (exact) mass is 413 g/mol. The van der Waals surface area contributed by atoms with Gasteiger partial charge >= 0.3 is 11.9 Å². The number of carbonyl (C=O) groups excluding carboxylic acids is 2. The molecule has 0 saturated heterocycles. The molecule has 2 unspecified atom stereocenters. The molecule has 0 radical (unpaired) electrons. The standard InChI is InChI=1S/C23H27NO6/c1-2-30-23(29)21(26)19(15-16-9-4-3-5-10-16)24-20(25)14-8-12-17-11-6-7-13-18(17)22(27)28/h3-7,9-11,13,19,21,26H,2,8,12,14-15H2,1H3,(H,24,25)(H,27,28). The van der Waals surface area contributed by atoms with Crippen LogP contribution in [0.4, 0.5) is 0 Å². The molecule has 0 aliphatic heterocycles. The summed E-state index contributed by atoms with van der Waals surface area (Å²) in [6.45, 7) is 1.77. The van der Waals surface area contributed by atoms with Crippen LogP contribution in [0.2, 0.25) is 0 Å². The van der Waals surface area contributed by atoms with Gasteiger partial charge in [0.15, 0.2) is 6.10 Å². The highest BCUT2D eigenvalue weighted by Crippen LogP contribution is 2.13. The predicted octanol–water partition coefficient (Wildman–Crippen LogP) is 2.36. The minimum Gasteiger partial charge on any atom is -0.478 e. The molecule has 1 amide bonds. The number of benzene rings is 2. The summed E-state index contributed by atoms with van der Waals surface area (Å²) in [5, 5.41) is 22.3. The van der Waals surface area contributed by atoms with Gasteiger partial charge in [-0.3, -0.25) is 4.79 Å². The summed E-state index contributed by atoms with van der Waals surface area (Å²) in [6.07, 6.45) is -0.214. The Morgan fingerprint density at radius 3 is 2.37 bits per heavy atom. The van der Waals surface area contributed by atoms with E-state index in [0.29, 0.717) is 18.4 Å². The number of aliphatic hydroxyl groups excluding tert-OH is 1. The highest BCUT2D eigenvalue weighted by atomic mass is 16.5. The van der Waals surface area contributed by atoms with Gasteiger partial charge in [0.05, 0.1) is 18.2 Å². The van der Waals surface area contributed by atoms with Crippen molar-refractivity contribution in [1.29, 1.82) is 0 Å². The fraction of sp³-hybridized carbons (Fsp3) is 0.348. The van der Waals surface area contributed by atoms with E-state index in [-0.39, 0.29) is 30.9 Å². The quantitative estimate of drug-likeness (QED) is 0.488. The number of carboxylic acid groups (broad SMARTS) is 1. The molecule has 0 aliphatic rings. The van der Waals surface area contributed by atoms with Crippen molar-refractivity contribution in [2.75, 3.05) is 6.61 Å². The summed E-state index contributed by atoms with van der Waals surface area (Å²) in [4.78, 5) is 35.7. The van der Waals surface area contributed by atoms with E-state index >= 15 is 0 Å². The van der Waals surface area contributed by atoms with E-state index in [9.17, 15) is 24.6 Å². The van der Waals surface area contributed by atoms with Crippen molar-refractivity contribution in [3.8, 4) is 0 Å². The number of ether oxygens (including phenoxy) is 1. The summed E-state index contributed by atoms with van der Waals surface area (Å²) in [6, 6.07) is 15.1. The molecule has 0 bridgehead atoms. The van der Waals surface area contributed by atoms with Crippen LogP contribution in [-0.4, -0.2) is 46.8 Å². The molecule has 0 aliphatic carbocycles. The number of nitrogens with one attached hydrogen (secondary N) is 1. The third kappa shape index (κ3) is 7.00. The highest BCUT2D eigenvalue weighted by Gasteiger charge is 2.29. The second-order valence-corrected chi connectivity index (χ2v) is 6.88. The summed E-state index contributed by atoms with van der Waals surface area (Å²) >= 11 is 0. The molecule has 2 atom stereocenters. The first-order chi connectivity index (χ1) is 14.4. The molecule has 2 aromatic rings. The average molecular weight is 413 g/mol. The largest absolute Gasteiger partial charge is 0.478 e. The Labute approximate surface area is 175 Å². The summed E-state index contributed by atoms with van der Waals surface area (Å²) in [5.41, 5.74) is 1.74. The lowest BCUT2D eigenvalue weighted by Gasteiger charge is -2.23. The van der Waals surface area contributed by atoms with Gasteiger partial charge in [0, 0.05) is 6.42 Å². The van der Waals surface area contributed by atoms with E-state index in [0.717, 1.165) is 5.56 Å². The van der Waals surface area contributed by atoms with Gasteiger partial charge in [0.2, 0.25) is 5.91 Å². The molecule has 2 rings (SSSR count). The molecule has 7 nitrogen and oxygen atoms in total. The van der Waals surface area contributed by atoms with Crippen molar-refractivity contribution in [3.63, 3.8) is 0 Å². The molecule has 0 spiro atoms. The first kappa shape index (κ1) is 23.1. The average Bonchev–Trinajstić information content (AvgIpc) is 2.74. The van der Waals surface area contributed by atoms with Gasteiger partial charge in [-0.1, -0.05) is 48.5 Å². The van der Waals surface area contributed by atoms with E-state index in [1.54, 1.807) is 25.1 Å². The van der Waals surface area contributed by atoms with Crippen LogP contribution >= 0.6 is 0 Å². The van der Waals surface area contributed by atoms with Gasteiger partial charge in [-0.25, -0.2) is 9.59 Å². The van der Waals surface area contributed by atoms with E-state index in [2.05, 4.69) is 5.32 Å². The molecular formula is C23H27NO6. The Bertz CT molecular complexity index is 852. The first-order valence-electron chi connectivity index (χ1n) is 9.91. The second kappa shape index (κ2) is 11.7. The van der Waals surface area contributed by atoms with Crippen molar-refractivity contribution in [3.05, 3.63) is 71.3 Å². The lowest BCUT2D eigenvalue weighted by atomic mass is 10.00. The molecular weight excluding hydrogens is 386 g/mol. The third-order valence-corrected chi connectivity index (χ3v) is 4.65. The van der Waals surface area contributed by atoms with Crippen molar-refractivity contribution >= 4 is 17.8 Å². The zero-order valence-corrected chi connectivity index (χ0v) is 16.9. The Morgan fingerprint density at radius 2 is 1.70 bits per heavy atom. The smallest absolute Gasteiger partial charge is 0.337 e. The van der Waals surface area contributed by atoms with Crippen LogP contribution in [0.15, 0.2) is 54.6 Å². The number of hydrogen-bond donors (Lipinski definition) is 3. The Balaban J connectivity index is 1.98. The van der Waals surface area contributed by atoms with Crippen LogP contribution in [0.1, 0.15) is 41.3 Å². The van der Waals surface area contributed by atoms with Gasteiger partial charge in [0.1, 0.15) is 0 Å². The minimum absolute atomic E-state index is 0.130. The molecule has 7 heteroatoms. The van der Waals surface area contributed by atoms with Crippen molar-refractivity contribution < 1.29 is 29.3 Å². The van der Waals surface area contributed by atoms with E-state index < -0.39 is 24.1 Å². The molecule has 0 fully saturated rings. The SMILES string of the molecule is CCOC(=O)C(O)C(Cc1ccccc1)NC(=O)CCCc1ccccc1C(=O)O. The number of esters is 1. The predicted molar refractivity (Wildman–Crippen MR) is 111 cm³/mol. The summed E-state index contributed by atoms with van der Waals surface area (Å²) in [5.74, 6) is -2.11. The van der Waals surface area contributed by atoms with Crippen LogP contribution < -0.4 is 5.32 Å². The minimum atomic E-state index is -1.48. The summed E-state index contributed by atoms with van der Waals surface area (Å²) < 4.78 is 4.88. The maximum Gasteiger partial charge on any atom is 0.337 e. The van der Waals surface area contributed by atoms with E-state index in [4.69, 9.17) is 4.74 Å². The zero-order valence-electron chi connectivity index (χ0n) is 16.9. The number of aromatic carboxylic acids is 1. The van der Waals surface area contributed by atoms with Crippen molar-refractivity contribution in [2.45, 2.75) is 44.8 Å². The number of rotatable bonds is 11. The third-order valence-electron chi connectivity index (χ3n) is 4.65. The number of aliphatic hydroxyl groups is 1. The van der Waals surface area contributed by atoms with Crippen LogP contribution in [0, 0.1) is 0 Å². The van der Waals surface area contributed by atoms with E-state index in [1.807, 2.05) is 30.3 Å². The molecule has 3 N–H and O–H groups in total. The first-order valence-corrected chi connectivity index (χ1v) is 9.91. The highest BCUT2D eigenvalue weighted by molar-refractivity contribution is 5.89. The Hall–Kier alpha value is -3.19. The summed E-state index contributed by atoms with van der Waals surface area (Å²) in [7, 11) is 0. The zero-order chi connectivity index (χ0) is 21.9. The molecule has 160 valence electrons. The molecule has 0 heterocycles. The maximum absolute atomic E-state index is 12.4. The molecule has 2 aromatic carbocycles. The van der Waals surface area contributed by atoms with Crippen LogP contribution in [0.25, 0.3) is 0 Å². The number of amides is 1. The van der Waals surface area contributed by atoms with Gasteiger partial charge in [-0.15, -0.1) is 0 Å². The van der Waals surface area contributed by atoms with Gasteiger partial charge in [-0.2, -0.15) is 0 Å². The number of carbonyl (C=O) groups is 3. The lowest BCUT2D eigenvalue weighted by Crippen LogP contribution is -2.48. The van der Waals surface area contributed by atoms with Crippen LogP contribution in [0.5, 0.6) is 0 Å². The fourth-order valence-electron chi connectivity index (χ4n) is 3.17. The van der Waals surface area contributed by atoms with E-state index in [1.165, 1.54) is 6.07 Å². The topological polar surface area (TPSA) is 113 Å². The number of hydrogen-bond acceptors (Lipinski definition) is 5. The van der Waals surface area contributed by atoms with Gasteiger partial charge in [-0.05, 0) is 43.4 Å². The van der Waals surface area contributed by atoms with Gasteiger partial charge < -0.3 is 20.3 Å². The number of carboxylic acids is 1. The van der Waals surface area contributed by atoms with Crippen molar-refractivity contribution in [2.24, 2.45) is 0 Å². The van der Waals surface area contributed by atoms with Gasteiger partial charge in [0.25, 0.3) is 0 Å². The number of aryl methyl sites for hydroxylation is 1. The fourth-order valence-corrected chi connectivity index (χ4v) is 3.17. The Kier molecular flexibility index (Phi) is 9.03. The van der Waals surface area contributed by atoms with Crippen molar-refractivity contribution in [1.82, 2.24) is 5.32 Å². The Morgan fingerprint density at radius 1 is 1.03 bits per heavy atom. The maximum atomic E-state index is 12.4. The second-order valence-electron chi connectivity index (χ2n) is 6.88.